The first-order valence-electron chi connectivity index (χ1n) is 6.51. The van der Waals surface area contributed by atoms with E-state index in [1.807, 2.05) is 12.1 Å². The van der Waals surface area contributed by atoms with E-state index in [2.05, 4.69) is 0 Å². The van der Waals surface area contributed by atoms with Gasteiger partial charge in [-0.15, -0.1) is 0 Å². The van der Waals surface area contributed by atoms with Crippen LogP contribution in [0.3, 0.4) is 0 Å². The summed E-state index contributed by atoms with van der Waals surface area (Å²) in [5, 5.41) is 11.6. The van der Waals surface area contributed by atoms with Crippen LogP contribution in [-0.4, -0.2) is 10.9 Å². The number of nitro benzene ring substituents is 1. The minimum atomic E-state index is -0.686. The standard InChI is InChI=1S/C16H11NO5/c1-10-13-7-2-3-8-14(13)22-15(10)16(18)21-12-6-4-5-11(9-12)17(19)20/h2-9H,1H3. The topological polar surface area (TPSA) is 82.6 Å². The second-order valence-electron chi connectivity index (χ2n) is 4.70. The minimum absolute atomic E-state index is 0.0905. The Kier molecular flexibility index (Phi) is 3.34. The van der Waals surface area contributed by atoms with Crippen molar-refractivity contribution < 1.29 is 18.9 Å². The molecule has 3 rings (SSSR count). The molecule has 0 N–H and O–H groups in total. The van der Waals surface area contributed by atoms with Crippen molar-refractivity contribution in [2.75, 3.05) is 0 Å². The van der Waals surface area contributed by atoms with Gasteiger partial charge in [0.1, 0.15) is 11.3 Å². The monoisotopic (exact) mass is 297 g/mol. The maximum atomic E-state index is 12.2. The van der Waals surface area contributed by atoms with Crippen LogP contribution < -0.4 is 4.74 Å². The third-order valence-corrected chi connectivity index (χ3v) is 3.27. The summed E-state index contributed by atoms with van der Waals surface area (Å²) in [7, 11) is 0. The lowest BCUT2D eigenvalue weighted by molar-refractivity contribution is -0.384. The summed E-state index contributed by atoms with van der Waals surface area (Å²) in [6.45, 7) is 1.76. The zero-order chi connectivity index (χ0) is 15.7. The van der Waals surface area contributed by atoms with Crippen molar-refractivity contribution in [3.8, 4) is 5.75 Å². The van der Waals surface area contributed by atoms with Gasteiger partial charge in [-0.05, 0) is 19.1 Å². The third kappa shape index (κ3) is 2.42. The molecule has 22 heavy (non-hydrogen) atoms. The molecular formula is C16H11NO5. The van der Waals surface area contributed by atoms with Crippen LogP contribution in [-0.2, 0) is 0 Å². The second kappa shape index (κ2) is 5.33. The largest absolute Gasteiger partial charge is 0.449 e. The number of hydrogen-bond donors (Lipinski definition) is 0. The fraction of sp³-hybridized carbons (Fsp3) is 0.0625. The molecular weight excluding hydrogens is 286 g/mol. The fourth-order valence-corrected chi connectivity index (χ4v) is 2.18. The molecule has 3 aromatic rings. The Balaban J connectivity index is 1.92. The quantitative estimate of drug-likeness (QED) is 0.317. The molecule has 0 unspecified atom stereocenters. The number of esters is 1. The van der Waals surface area contributed by atoms with E-state index >= 15 is 0 Å². The molecule has 0 radical (unpaired) electrons. The summed E-state index contributed by atoms with van der Waals surface area (Å²) in [5.74, 6) is -0.499. The zero-order valence-electron chi connectivity index (χ0n) is 11.6. The van der Waals surface area contributed by atoms with Crippen molar-refractivity contribution >= 4 is 22.6 Å². The molecule has 0 amide bonds. The van der Waals surface area contributed by atoms with Crippen LogP contribution in [0.15, 0.2) is 52.9 Å². The van der Waals surface area contributed by atoms with E-state index < -0.39 is 10.9 Å². The number of hydrogen-bond acceptors (Lipinski definition) is 5. The van der Waals surface area contributed by atoms with Gasteiger partial charge in [-0.25, -0.2) is 4.79 Å². The summed E-state index contributed by atoms with van der Waals surface area (Å²) >= 11 is 0. The van der Waals surface area contributed by atoms with Gasteiger partial charge in [-0.3, -0.25) is 10.1 Å². The number of fused-ring (bicyclic) bond motifs is 1. The number of aryl methyl sites for hydroxylation is 1. The van der Waals surface area contributed by atoms with Crippen molar-refractivity contribution in [2.24, 2.45) is 0 Å². The predicted octanol–water partition coefficient (Wildman–Crippen LogP) is 3.87. The number of furan rings is 1. The van der Waals surface area contributed by atoms with E-state index in [0.29, 0.717) is 11.1 Å². The van der Waals surface area contributed by atoms with Crippen LogP contribution in [0.1, 0.15) is 16.1 Å². The van der Waals surface area contributed by atoms with Gasteiger partial charge in [-0.1, -0.05) is 24.3 Å². The number of carbonyl (C=O) groups is 1. The fourth-order valence-electron chi connectivity index (χ4n) is 2.18. The highest BCUT2D eigenvalue weighted by molar-refractivity contribution is 5.96. The molecule has 0 aliphatic heterocycles. The molecule has 6 heteroatoms. The van der Waals surface area contributed by atoms with Crippen molar-refractivity contribution in [3.05, 3.63) is 70.0 Å². The molecule has 0 bridgehead atoms. The van der Waals surface area contributed by atoms with Crippen molar-refractivity contribution in [1.82, 2.24) is 0 Å². The molecule has 0 saturated carbocycles. The van der Waals surface area contributed by atoms with Gasteiger partial charge in [0.05, 0.1) is 11.0 Å². The molecule has 2 aromatic carbocycles. The van der Waals surface area contributed by atoms with E-state index in [1.165, 1.54) is 24.3 Å². The van der Waals surface area contributed by atoms with E-state index in [9.17, 15) is 14.9 Å². The van der Waals surface area contributed by atoms with Crippen LogP contribution in [0.5, 0.6) is 5.75 Å². The van der Waals surface area contributed by atoms with Crippen molar-refractivity contribution in [1.29, 1.82) is 0 Å². The number of carbonyl (C=O) groups excluding carboxylic acids is 1. The van der Waals surface area contributed by atoms with Crippen LogP contribution >= 0.6 is 0 Å². The lowest BCUT2D eigenvalue weighted by Gasteiger charge is -2.02. The first-order valence-corrected chi connectivity index (χ1v) is 6.51. The Labute approximate surface area is 125 Å². The first-order chi connectivity index (χ1) is 10.6. The Morgan fingerprint density at radius 2 is 1.95 bits per heavy atom. The lowest BCUT2D eigenvalue weighted by Crippen LogP contribution is -2.08. The average Bonchev–Trinajstić information content (AvgIpc) is 2.85. The van der Waals surface area contributed by atoms with Crippen LogP contribution in [0, 0.1) is 17.0 Å². The number of nitro groups is 1. The number of benzene rings is 2. The summed E-state index contributed by atoms with van der Waals surface area (Å²) in [4.78, 5) is 22.4. The normalized spacial score (nSPS) is 10.6. The van der Waals surface area contributed by atoms with Crippen LogP contribution in [0.25, 0.3) is 11.0 Å². The highest BCUT2D eigenvalue weighted by Crippen LogP contribution is 2.26. The average molecular weight is 297 g/mol. The molecule has 0 aliphatic carbocycles. The van der Waals surface area contributed by atoms with Crippen molar-refractivity contribution in [2.45, 2.75) is 6.92 Å². The first kappa shape index (κ1) is 13.8. The number of nitrogens with zero attached hydrogens (tertiary/aromatic N) is 1. The summed E-state index contributed by atoms with van der Waals surface area (Å²) in [6, 6.07) is 12.7. The van der Waals surface area contributed by atoms with E-state index in [1.54, 1.807) is 19.1 Å². The SMILES string of the molecule is Cc1c(C(=O)Oc2cccc([N+](=O)[O-])c2)oc2ccccc12. The molecule has 110 valence electrons. The van der Waals surface area contributed by atoms with Gasteiger partial charge < -0.3 is 9.15 Å². The minimum Gasteiger partial charge on any atom is -0.449 e. The van der Waals surface area contributed by atoms with Gasteiger partial charge in [0.25, 0.3) is 5.69 Å². The Hall–Kier alpha value is -3.15. The Morgan fingerprint density at radius 1 is 1.18 bits per heavy atom. The molecule has 0 fully saturated rings. The number of para-hydroxylation sites is 1. The Bertz CT molecular complexity index is 881. The van der Waals surface area contributed by atoms with Gasteiger partial charge >= 0.3 is 5.97 Å². The highest BCUT2D eigenvalue weighted by Gasteiger charge is 2.20. The number of rotatable bonds is 3. The van der Waals surface area contributed by atoms with Crippen LogP contribution in [0.4, 0.5) is 5.69 Å². The summed E-state index contributed by atoms with van der Waals surface area (Å²) in [6.07, 6.45) is 0. The smallest absolute Gasteiger partial charge is 0.379 e. The molecule has 0 saturated heterocycles. The van der Waals surface area contributed by atoms with Gasteiger partial charge in [0, 0.05) is 17.0 Å². The van der Waals surface area contributed by atoms with E-state index in [4.69, 9.17) is 9.15 Å². The number of non-ortho nitro benzene ring substituents is 1. The van der Waals surface area contributed by atoms with Crippen molar-refractivity contribution in [3.63, 3.8) is 0 Å². The molecule has 1 heterocycles. The zero-order valence-corrected chi connectivity index (χ0v) is 11.6. The van der Waals surface area contributed by atoms with Gasteiger partial charge in [-0.2, -0.15) is 0 Å². The Morgan fingerprint density at radius 3 is 2.68 bits per heavy atom. The molecule has 0 aliphatic rings. The lowest BCUT2D eigenvalue weighted by atomic mass is 10.1. The van der Waals surface area contributed by atoms with Crippen LogP contribution in [0.2, 0.25) is 0 Å². The maximum absolute atomic E-state index is 12.2. The van der Waals surface area contributed by atoms with E-state index in [0.717, 1.165) is 5.39 Å². The summed E-state index contributed by atoms with van der Waals surface area (Å²) in [5.41, 5.74) is 1.11. The maximum Gasteiger partial charge on any atom is 0.379 e. The second-order valence-corrected chi connectivity index (χ2v) is 4.70. The summed E-state index contributed by atoms with van der Waals surface area (Å²) < 4.78 is 10.7. The third-order valence-electron chi connectivity index (χ3n) is 3.27. The predicted molar refractivity (Wildman–Crippen MR) is 79.0 cm³/mol. The highest BCUT2D eigenvalue weighted by atomic mass is 16.6. The van der Waals surface area contributed by atoms with E-state index in [-0.39, 0.29) is 17.2 Å². The molecule has 6 nitrogen and oxygen atoms in total. The van der Waals surface area contributed by atoms with Gasteiger partial charge in [0.2, 0.25) is 5.76 Å². The molecule has 0 atom stereocenters. The van der Waals surface area contributed by atoms with Gasteiger partial charge in [0.15, 0.2) is 0 Å². The molecule has 1 aromatic heterocycles. The number of ether oxygens (including phenoxy) is 1. The molecule has 0 spiro atoms.